The molecule has 1 N–H and O–H groups in total. The molecule has 158 valence electrons. The summed E-state index contributed by atoms with van der Waals surface area (Å²) < 4.78 is 13.9. The van der Waals surface area contributed by atoms with Crippen LogP contribution in [0.15, 0.2) is 84.7 Å². The molecule has 1 aromatic heterocycles. The zero-order valence-corrected chi connectivity index (χ0v) is 18.0. The SMILES string of the molecule is COc1ccc(C2Oc3ccc(Cl)cc3C3=C2C(c2ccccc2)n2ncnc2N3)cc1. The van der Waals surface area contributed by atoms with E-state index in [2.05, 4.69) is 27.5 Å². The van der Waals surface area contributed by atoms with Crippen LogP contribution in [-0.4, -0.2) is 21.9 Å². The van der Waals surface area contributed by atoms with E-state index in [0.29, 0.717) is 11.0 Å². The van der Waals surface area contributed by atoms with E-state index < -0.39 is 0 Å². The second-order valence-corrected chi connectivity index (χ2v) is 8.14. The minimum absolute atomic E-state index is 0.191. The number of halogens is 1. The molecule has 32 heavy (non-hydrogen) atoms. The molecule has 3 aromatic carbocycles. The zero-order chi connectivity index (χ0) is 21.7. The van der Waals surface area contributed by atoms with Crippen molar-refractivity contribution in [3.05, 3.63) is 106 Å². The van der Waals surface area contributed by atoms with Gasteiger partial charge in [0.25, 0.3) is 0 Å². The summed E-state index contributed by atoms with van der Waals surface area (Å²) in [6.07, 6.45) is 1.23. The lowest BCUT2D eigenvalue weighted by atomic mass is 9.84. The number of nitrogens with one attached hydrogen (secondary N) is 1. The van der Waals surface area contributed by atoms with Crippen LogP contribution in [0.4, 0.5) is 5.95 Å². The van der Waals surface area contributed by atoms with E-state index in [1.54, 1.807) is 13.4 Å². The lowest BCUT2D eigenvalue weighted by molar-refractivity contribution is 0.223. The Morgan fingerprint density at radius 2 is 1.81 bits per heavy atom. The first-order valence-electron chi connectivity index (χ1n) is 10.3. The van der Waals surface area contributed by atoms with Crippen LogP contribution in [0.3, 0.4) is 0 Å². The molecule has 6 nitrogen and oxygen atoms in total. The highest BCUT2D eigenvalue weighted by Gasteiger charge is 2.40. The van der Waals surface area contributed by atoms with Crippen LogP contribution in [0.25, 0.3) is 5.70 Å². The number of methoxy groups -OCH3 is 1. The summed E-state index contributed by atoms with van der Waals surface area (Å²) >= 11 is 6.37. The van der Waals surface area contributed by atoms with Crippen LogP contribution in [-0.2, 0) is 0 Å². The number of hydrogen-bond acceptors (Lipinski definition) is 5. The van der Waals surface area contributed by atoms with E-state index in [1.165, 1.54) is 0 Å². The molecule has 0 saturated heterocycles. The van der Waals surface area contributed by atoms with Crippen molar-refractivity contribution in [3.8, 4) is 11.5 Å². The largest absolute Gasteiger partial charge is 0.497 e. The van der Waals surface area contributed by atoms with Gasteiger partial charge in [-0.3, -0.25) is 0 Å². The fourth-order valence-corrected chi connectivity index (χ4v) is 4.62. The first kappa shape index (κ1) is 19.0. The van der Waals surface area contributed by atoms with Crippen molar-refractivity contribution < 1.29 is 9.47 Å². The summed E-state index contributed by atoms with van der Waals surface area (Å²) in [5, 5.41) is 8.68. The summed E-state index contributed by atoms with van der Waals surface area (Å²) in [6, 6.07) is 23.7. The van der Waals surface area contributed by atoms with Crippen LogP contribution in [0, 0.1) is 0 Å². The van der Waals surface area contributed by atoms with Gasteiger partial charge in [-0.2, -0.15) is 10.1 Å². The van der Waals surface area contributed by atoms with Gasteiger partial charge in [0.2, 0.25) is 5.95 Å². The molecule has 0 radical (unpaired) electrons. The first-order valence-corrected chi connectivity index (χ1v) is 10.7. The van der Waals surface area contributed by atoms with Crippen molar-refractivity contribution in [2.75, 3.05) is 12.4 Å². The minimum atomic E-state index is -0.334. The number of ether oxygens (including phenoxy) is 2. The van der Waals surface area contributed by atoms with Crippen LogP contribution in [0.1, 0.15) is 28.8 Å². The van der Waals surface area contributed by atoms with E-state index in [0.717, 1.165) is 39.5 Å². The highest BCUT2D eigenvalue weighted by molar-refractivity contribution is 6.30. The third kappa shape index (κ3) is 2.95. The van der Waals surface area contributed by atoms with Crippen molar-refractivity contribution in [1.29, 1.82) is 0 Å². The third-order valence-corrected chi connectivity index (χ3v) is 6.14. The van der Waals surface area contributed by atoms with E-state index in [9.17, 15) is 0 Å². The Bertz CT molecular complexity index is 1330. The van der Waals surface area contributed by atoms with Gasteiger partial charge < -0.3 is 14.8 Å². The Labute approximate surface area is 190 Å². The lowest BCUT2D eigenvalue weighted by Crippen LogP contribution is -2.32. The van der Waals surface area contributed by atoms with Gasteiger partial charge in [-0.1, -0.05) is 54.1 Å². The summed E-state index contributed by atoms with van der Waals surface area (Å²) in [7, 11) is 1.66. The van der Waals surface area contributed by atoms with E-state index >= 15 is 0 Å². The quantitative estimate of drug-likeness (QED) is 0.454. The first-order chi connectivity index (χ1) is 15.7. The van der Waals surface area contributed by atoms with Crippen molar-refractivity contribution in [2.24, 2.45) is 0 Å². The molecule has 4 aromatic rings. The topological polar surface area (TPSA) is 61.2 Å². The Hall–Kier alpha value is -3.77. The molecule has 6 rings (SSSR count). The summed E-state index contributed by atoms with van der Waals surface area (Å²) in [5.74, 6) is 2.24. The van der Waals surface area contributed by atoms with Gasteiger partial charge in [0.1, 0.15) is 30.0 Å². The highest BCUT2D eigenvalue weighted by Crippen LogP contribution is 2.51. The smallest absolute Gasteiger partial charge is 0.226 e. The predicted molar refractivity (Wildman–Crippen MR) is 123 cm³/mol. The van der Waals surface area contributed by atoms with Crippen molar-refractivity contribution in [3.63, 3.8) is 0 Å². The third-order valence-electron chi connectivity index (χ3n) is 5.91. The Kier molecular flexibility index (Phi) is 4.40. The Morgan fingerprint density at radius 3 is 2.59 bits per heavy atom. The van der Waals surface area contributed by atoms with Gasteiger partial charge in [-0.25, -0.2) is 4.68 Å². The molecule has 2 unspecified atom stereocenters. The molecule has 0 bridgehead atoms. The average molecular weight is 443 g/mol. The monoisotopic (exact) mass is 442 g/mol. The molecule has 0 amide bonds. The van der Waals surface area contributed by atoms with Crippen molar-refractivity contribution >= 4 is 23.2 Å². The lowest BCUT2D eigenvalue weighted by Gasteiger charge is -2.39. The Balaban J connectivity index is 1.61. The maximum atomic E-state index is 6.60. The van der Waals surface area contributed by atoms with Crippen LogP contribution in [0.2, 0.25) is 5.02 Å². The van der Waals surface area contributed by atoms with Gasteiger partial charge in [-0.15, -0.1) is 0 Å². The molecule has 2 aliphatic heterocycles. The molecule has 2 aliphatic rings. The van der Waals surface area contributed by atoms with E-state index in [-0.39, 0.29) is 12.1 Å². The minimum Gasteiger partial charge on any atom is -0.497 e. The second kappa shape index (κ2) is 7.43. The van der Waals surface area contributed by atoms with E-state index in [1.807, 2.05) is 65.3 Å². The maximum Gasteiger partial charge on any atom is 0.226 e. The molecule has 2 atom stereocenters. The summed E-state index contributed by atoms with van der Waals surface area (Å²) in [5.41, 5.74) is 5.02. The van der Waals surface area contributed by atoms with Crippen LogP contribution in [0.5, 0.6) is 11.5 Å². The molecular formula is C25H19ClN4O2. The number of benzene rings is 3. The molecule has 0 fully saturated rings. The molecule has 0 aliphatic carbocycles. The average Bonchev–Trinajstić information content (AvgIpc) is 3.31. The maximum absolute atomic E-state index is 6.60. The van der Waals surface area contributed by atoms with Crippen molar-refractivity contribution in [2.45, 2.75) is 12.1 Å². The van der Waals surface area contributed by atoms with Crippen molar-refractivity contribution in [1.82, 2.24) is 14.8 Å². The van der Waals surface area contributed by atoms with Gasteiger partial charge in [-0.05, 0) is 41.5 Å². The number of hydrogen-bond donors (Lipinski definition) is 1. The van der Waals surface area contributed by atoms with Gasteiger partial charge >= 0.3 is 0 Å². The standard InChI is InChI=1S/C25H19ClN4O2/c1-31-18-10-7-16(8-11-18)24-21-22(19-13-17(26)9-12-20(19)32-24)29-25-27-14-28-30(25)23(21)15-5-3-2-4-6-15/h2-14,23-24H,1H3,(H,27,28,29). The number of rotatable bonds is 3. The predicted octanol–water partition coefficient (Wildman–Crippen LogP) is 5.50. The van der Waals surface area contributed by atoms with Gasteiger partial charge in [0, 0.05) is 16.2 Å². The molecular weight excluding hydrogens is 424 g/mol. The highest BCUT2D eigenvalue weighted by atomic mass is 35.5. The molecule has 0 saturated carbocycles. The van der Waals surface area contributed by atoms with Crippen LogP contribution < -0.4 is 14.8 Å². The molecule has 0 spiro atoms. The summed E-state index contributed by atoms with van der Waals surface area (Å²) in [6.45, 7) is 0. The summed E-state index contributed by atoms with van der Waals surface area (Å²) in [4.78, 5) is 4.46. The Morgan fingerprint density at radius 1 is 1.00 bits per heavy atom. The number of anilines is 1. The number of fused-ring (bicyclic) bond motifs is 3. The zero-order valence-electron chi connectivity index (χ0n) is 17.2. The second-order valence-electron chi connectivity index (χ2n) is 7.71. The fraction of sp³-hybridized carbons (Fsp3) is 0.120. The number of aromatic nitrogens is 3. The van der Waals surface area contributed by atoms with Gasteiger partial charge in [0.05, 0.1) is 12.8 Å². The normalized spacial score (nSPS) is 18.7. The molecule has 7 heteroatoms. The fourth-order valence-electron chi connectivity index (χ4n) is 4.45. The number of nitrogens with zero attached hydrogens (tertiary/aromatic N) is 3. The van der Waals surface area contributed by atoms with Gasteiger partial charge in [0.15, 0.2) is 0 Å². The molecule has 3 heterocycles. The van der Waals surface area contributed by atoms with E-state index in [4.69, 9.17) is 21.1 Å². The van der Waals surface area contributed by atoms with Crippen LogP contribution >= 0.6 is 11.6 Å².